The maximum atomic E-state index is 13.2. The third-order valence-corrected chi connectivity index (χ3v) is 2.95. The van der Waals surface area contributed by atoms with E-state index in [0.717, 1.165) is 0 Å². The summed E-state index contributed by atoms with van der Waals surface area (Å²) >= 11 is 0. The third kappa shape index (κ3) is 3.42. The Labute approximate surface area is 120 Å². The molecule has 0 aliphatic heterocycles. The van der Waals surface area contributed by atoms with Crippen LogP contribution in [0.25, 0.3) is 0 Å². The molecule has 1 unspecified atom stereocenters. The van der Waals surface area contributed by atoms with Gasteiger partial charge in [0.2, 0.25) is 0 Å². The summed E-state index contributed by atoms with van der Waals surface area (Å²) in [6.07, 6.45) is 1.34. The molecular formula is C15H13FN2O3. The maximum absolute atomic E-state index is 13.2. The number of amides is 1. The van der Waals surface area contributed by atoms with Crippen molar-refractivity contribution in [3.05, 3.63) is 65.2 Å². The van der Waals surface area contributed by atoms with Crippen molar-refractivity contribution in [2.45, 2.75) is 13.0 Å². The number of aromatic carboxylic acids is 1. The summed E-state index contributed by atoms with van der Waals surface area (Å²) in [4.78, 5) is 27.0. The number of carboxylic acids is 1. The van der Waals surface area contributed by atoms with Crippen LogP contribution < -0.4 is 5.32 Å². The lowest BCUT2D eigenvalue weighted by Gasteiger charge is -2.14. The van der Waals surface area contributed by atoms with Crippen molar-refractivity contribution >= 4 is 11.9 Å². The average Bonchev–Trinajstić information content (AvgIpc) is 2.47. The lowest BCUT2D eigenvalue weighted by atomic mass is 10.1. The number of pyridine rings is 1. The van der Waals surface area contributed by atoms with Crippen molar-refractivity contribution in [1.82, 2.24) is 10.3 Å². The van der Waals surface area contributed by atoms with Crippen LogP contribution in [0.2, 0.25) is 0 Å². The first-order valence-electron chi connectivity index (χ1n) is 6.23. The summed E-state index contributed by atoms with van der Waals surface area (Å²) in [5.41, 5.74) is 0.228. The van der Waals surface area contributed by atoms with Crippen LogP contribution in [0.5, 0.6) is 0 Å². The fourth-order valence-corrected chi connectivity index (χ4v) is 1.88. The second-order valence-corrected chi connectivity index (χ2v) is 4.45. The van der Waals surface area contributed by atoms with Gasteiger partial charge in [0.15, 0.2) is 0 Å². The van der Waals surface area contributed by atoms with Gasteiger partial charge in [-0.2, -0.15) is 0 Å². The summed E-state index contributed by atoms with van der Waals surface area (Å²) in [6, 6.07) is 8.09. The van der Waals surface area contributed by atoms with E-state index in [1.165, 1.54) is 36.5 Å². The molecule has 0 radical (unpaired) electrons. The SMILES string of the molecule is CC(NC(=O)c1ncccc1C(=O)O)c1cccc(F)c1. The molecule has 0 saturated carbocycles. The quantitative estimate of drug-likeness (QED) is 0.905. The molecule has 1 aromatic carbocycles. The van der Waals surface area contributed by atoms with Gasteiger partial charge in [-0.1, -0.05) is 12.1 Å². The molecule has 0 fully saturated rings. The molecule has 0 bridgehead atoms. The Kier molecular flexibility index (Phi) is 4.27. The van der Waals surface area contributed by atoms with Crippen LogP contribution in [0, 0.1) is 5.82 Å². The number of halogens is 1. The highest BCUT2D eigenvalue weighted by molar-refractivity contribution is 6.03. The number of carboxylic acid groups (broad SMARTS) is 1. The van der Waals surface area contributed by atoms with Crippen molar-refractivity contribution < 1.29 is 19.1 Å². The summed E-state index contributed by atoms with van der Waals surface area (Å²) in [5.74, 6) is -2.26. The number of hydrogen-bond donors (Lipinski definition) is 2. The smallest absolute Gasteiger partial charge is 0.338 e. The van der Waals surface area contributed by atoms with Crippen LogP contribution in [0.1, 0.15) is 39.4 Å². The Morgan fingerprint density at radius 3 is 2.71 bits per heavy atom. The third-order valence-electron chi connectivity index (χ3n) is 2.95. The lowest BCUT2D eigenvalue weighted by Crippen LogP contribution is -2.29. The molecule has 0 saturated heterocycles. The Hall–Kier alpha value is -2.76. The molecule has 1 atom stereocenters. The van der Waals surface area contributed by atoms with E-state index in [4.69, 9.17) is 5.11 Å². The maximum Gasteiger partial charge on any atom is 0.338 e. The first kappa shape index (κ1) is 14.6. The summed E-state index contributed by atoms with van der Waals surface area (Å²) < 4.78 is 13.2. The van der Waals surface area contributed by atoms with Gasteiger partial charge < -0.3 is 10.4 Å². The van der Waals surface area contributed by atoms with Gasteiger partial charge in [0.1, 0.15) is 11.5 Å². The van der Waals surface area contributed by atoms with Crippen LogP contribution in [0.4, 0.5) is 4.39 Å². The molecule has 5 nitrogen and oxygen atoms in total. The van der Waals surface area contributed by atoms with E-state index in [1.807, 2.05) is 0 Å². The number of nitrogens with one attached hydrogen (secondary N) is 1. The Morgan fingerprint density at radius 2 is 2.05 bits per heavy atom. The van der Waals surface area contributed by atoms with Gasteiger partial charge in [0.05, 0.1) is 11.6 Å². The van der Waals surface area contributed by atoms with Crippen LogP contribution >= 0.6 is 0 Å². The monoisotopic (exact) mass is 288 g/mol. The lowest BCUT2D eigenvalue weighted by molar-refractivity contribution is 0.0689. The molecule has 1 amide bonds. The second-order valence-electron chi connectivity index (χ2n) is 4.45. The largest absolute Gasteiger partial charge is 0.478 e. The minimum Gasteiger partial charge on any atom is -0.478 e. The molecular weight excluding hydrogens is 275 g/mol. The molecule has 1 aromatic heterocycles. The second kappa shape index (κ2) is 6.13. The highest BCUT2D eigenvalue weighted by atomic mass is 19.1. The highest BCUT2D eigenvalue weighted by Gasteiger charge is 2.19. The number of nitrogens with zero attached hydrogens (tertiary/aromatic N) is 1. The molecule has 2 N–H and O–H groups in total. The van der Waals surface area contributed by atoms with E-state index in [0.29, 0.717) is 5.56 Å². The van der Waals surface area contributed by atoms with Crippen LogP contribution in [0.3, 0.4) is 0 Å². The zero-order chi connectivity index (χ0) is 15.4. The number of carbonyl (C=O) groups is 2. The Balaban J connectivity index is 2.20. The van der Waals surface area contributed by atoms with Gasteiger partial charge in [-0.3, -0.25) is 9.78 Å². The topological polar surface area (TPSA) is 79.3 Å². The molecule has 0 aliphatic rings. The fraction of sp³-hybridized carbons (Fsp3) is 0.133. The first-order valence-corrected chi connectivity index (χ1v) is 6.23. The standard InChI is InChI=1S/C15H13FN2O3/c1-9(10-4-2-5-11(16)8-10)18-14(19)13-12(15(20)21)6-3-7-17-13/h2-9H,1H3,(H,18,19)(H,20,21). The molecule has 0 aliphatic carbocycles. The molecule has 0 spiro atoms. The Bertz CT molecular complexity index is 688. The predicted molar refractivity (Wildman–Crippen MR) is 73.5 cm³/mol. The molecule has 21 heavy (non-hydrogen) atoms. The van der Waals surface area contributed by atoms with Gasteiger partial charge in [0, 0.05) is 6.20 Å². The number of aromatic nitrogens is 1. The van der Waals surface area contributed by atoms with Crippen molar-refractivity contribution in [3.8, 4) is 0 Å². The molecule has 6 heteroatoms. The number of hydrogen-bond acceptors (Lipinski definition) is 3. The Morgan fingerprint density at radius 1 is 1.29 bits per heavy atom. The number of carbonyl (C=O) groups excluding carboxylic acids is 1. The fourth-order valence-electron chi connectivity index (χ4n) is 1.88. The van der Waals surface area contributed by atoms with Crippen molar-refractivity contribution in [2.75, 3.05) is 0 Å². The van der Waals surface area contributed by atoms with Gasteiger partial charge in [-0.25, -0.2) is 9.18 Å². The van der Waals surface area contributed by atoms with Crippen LogP contribution in [-0.4, -0.2) is 22.0 Å². The van der Waals surface area contributed by atoms with E-state index < -0.39 is 23.7 Å². The molecule has 2 aromatic rings. The normalized spacial score (nSPS) is 11.7. The van der Waals surface area contributed by atoms with Gasteiger partial charge in [-0.05, 0) is 36.8 Å². The van der Waals surface area contributed by atoms with Crippen LogP contribution in [-0.2, 0) is 0 Å². The molecule has 108 valence electrons. The van der Waals surface area contributed by atoms with Crippen molar-refractivity contribution in [1.29, 1.82) is 0 Å². The first-order chi connectivity index (χ1) is 9.99. The number of benzene rings is 1. The minimum atomic E-state index is -1.23. The summed E-state index contributed by atoms with van der Waals surface area (Å²) in [6.45, 7) is 1.68. The molecule has 1 heterocycles. The van der Waals surface area contributed by atoms with Crippen molar-refractivity contribution in [3.63, 3.8) is 0 Å². The van der Waals surface area contributed by atoms with Gasteiger partial charge in [-0.15, -0.1) is 0 Å². The number of rotatable bonds is 4. The van der Waals surface area contributed by atoms with E-state index in [-0.39, 0.29) is 11.3 Å². The van der Waals surface area contributed by atoms with Gasteiger partial charge in [0.25, 0.3) is 5.91 Å². The highest BCUT2D eigenvalue weighted by Crippen LogP contribution is 2.15. The van der Waals surface area contributed by atoms with E-state index in [9.17, 15) is 14.0 Å². The van der Waals surface area contributed by atoms with E-state index in [2.05, 4.69) is 10.3 Å². The van der Waals surface area contributed by atoms with E-state index in [1.54, 1.807) is 13.0 Å². The average molecular weight is 288 g/mol. The van der Waals surface area contributed by atoms with Gasteiger partial charge >= 0.3 is 5.97 Å². The summed E-state index contributed by atoms with van der Waals surface area (Å²) in [5, 5.41) is 11.6. The van der Waals surface area contributed by atoms with E-state index >= 15 is 0 Å². The zero-order valence-electron chi connectivity index (χ0n) is 11.2. The zero-order valence-corrected chi connectivity index (χ0v) is 11.2. The minimum absolute atomic E-state index is 0.173. The summed E-state index contributed by atoms with van der Waals surface area (Å²) in [7, 11) is 0. The van der Waals surface area contributed by atoms with Crippen molar-refractivity contribution in [2.24, 2.45) is 0 Å². The van der Waals surface area contributed by atoms with Crippen LogP contribution in [0.15, 0.2) is 42.6 Å². The predicted octanol–water partition coefficient (Wildman–Crippen LogP) is 2.41. The molecule has 2 rings (SSSR count).